The van der Waals surface area contributed by atoms with Gasteiger partial charge in [-0.25, -0.2) is 0 Å². The number of rotatable bonds is 5. The van der Waals surface area contributed by atoms with Crippen molar-refractivity contribution in [3.05, 3.63) is 48.5 Å². The first-order valence-electron chi connectivity index (χ1n) is 10.9. The predicted octanol–water partition coefficient (Wildman–Crippen LogP) is 7.14. The first kappa shape index (κ1) is 30.3. The van der Waals surface area contributed by atoms with Crippen molar-refractivity contribution < 1.29 is 28.0 Å². The van der Waals surface area contributed by atoms with Crippen molar-refractivity contribution in [2.45, 2.75) is 85.2 Å². The van der Waals surface area contributed by atoms with Gasteiger partial charge in [-0.05, 0) is 0 Å². The molecule has 0 aromatic heterocycles. The Kier molecular flexibility index (Phi) is 9.25. The second kappa shape index (κ2) is 10.1. The minimum atomic E-state index is -4.32. The summed E-state index contributed by atoms with van der Waals surface area (Å²) >= 11 is -2.69. The van der Waals surface area contributed by atoms with Crippen LogP contribution < -0.4 is 9.35 Å². The molecule has 0 bridgehead atoms. The summed E-state index contributed by atoms with van der Waals surface area (Å²) in [6.07, 6.45) is 0. The van der Waals surface area contributed by atoms with Crippen molar-refractivity contribution >= 4 is 23.1 Å². The van der Waals surface area contributed by atoms with Crippen molar-refractivity contribution in [3.63, 3.8) is 0 Å². The molecule has 0 unspecified atom stereocenters. The van der Waals surface area contributed by atoms with Crippen molar-refractivity contribution in [2.24, 2.45) is 0 Å². The summed E-state index contributed by atoms with van der Waals surface area (Å²) in [5, 5.41) is 2.44. The summed E-state index contributed by atoms with van der Waals surface area (Å²) in [5.41, 5.74) is -0.0480. The molecular weight excluding hydrogens is 544 g/mol. The molecule has 0 spiro atoms. The van der Waals surface area contributed by atoms with E-state index in [0.29, 0.717) is 0 Å². The molecule has 193 valence electrons. The monoisotopic (exact) mass is 588 g/mol. The van der Waals surface area contributed by atoms with Crippen LogP contribution in [0.1, 0.15) is 69.7 Å². The van der Waals surface area contributed by atoms with E-state index < -0.39 is 28.4 Å². The molecule has 0 fully saturated rings. The van der Waals surface area contributed by atoms with E-state index in [2.05, 4.69) is 67.6 Å². The summed E-state index contributed by atoms with van der Waals surface area (Å²) in [6.45, 7) is 19.6. The predicted molar refractivity (Wildman–Crippen MR) is 147 cm³/mol. The first-order valence-corrected chi connectivity index (χ1v) is 19.0. The maximum absolute atomic E-state index is 13.5. The Morgan fingerprint density at radius 3 is 1.55 bits per heavy atom. The molecule has 2 aromatic carbocycles. The van der Waals surface area contributed by atoms with Gasteiger partial charge >= 0.3 is 201 Å². The van der Waals surface area contributed by atoms with Gasteiger partial charge in [0.2, 0.25) is 0 Å². The zero-order valence-electron chi connectivity index (χ0n) is 21.1. The Balaban J connectivity index is 0.00000544. The van der Waals surface area contributed by atoms with Crippen LogP contribution in [0.4, 0.5) is 5.69 Å². The molecular formula is C26H45NO3PPdS. The Hall–Kier alpha value is -0.758. The summed E-state index contributed by atoms with van der Waals surface area (Å²) in [4.78, 5) is 0. The van der Waals surface area contributed by atoms with Crippen molar-refractivity contribution in [1.82, 2.24) is 0 Å². The van der Waals surface area contributed by atoms with Crippen LogP contribution in [-0.2, 0) is 22.9 Å². The van der Waals surface area contributed by atoms with Gasteiger partial charge in [0.25, 0.3) is 0 Å². The fourth-order valence-corrected chi connectivity index (χ4v) is 46.6. The standard InChI is InChI=1S/C13H12N.C12H27P.CH4.HO3S.Pd/c1-14-13-10-6-5-9-12(13)11-7-3-2-4-8-11;1-10(2,3)13(11(4,5)6)12(7,8)9;;1-4(2)3;/h2-7,9-10,14H,1H3;1-9H3;1H4;(H,1,2,3);/q;;;;-1/p+1. The molecule has 33 heavy (non-hydrogen) atoms. The van der Waals surface area contributed by atoms with Crippen LogP contribution >= 0.6 is 5.45 Å². The van der Waals surface area contributed by atoms with Crippen LogP contribution in [0.2, 0.25) is 0 Å². The van der Waals surface area contributed by atoms with E-state index in [-0.39, 0.29) is 22.9 Å². The van der Waals surface area contributed by atoms with Crippen LogP contribution in [0.5, 0.6) is 0 Å². The molecule has 7 heteroatoms. The number of benzene rings is 2. The third-order valence-corrected chi connectivity index (χ3v) is 38.2. The number of anilines is 1. The average Bonchev–Trinajstić information content (AvgIpc) is 2.61. The quantitative estimate of drug-likeness (QED) is 0.221. The molecule has 0 aliphatic rings. The van der Waals surface area contributed by atoms with E-state index in [0.717, 1.165) is 20.9 Å². The van der Waals surface area contributed by atoms with E-state index in [9.17, 15) is 13.0 Å². The maximum atomic E-state index is 13.5. The van der Waals surface area contributed by atoms with Gasteiger partial charge in [0.1, 0.15) is 0 Å². The summed E-state index contributed by atoms with van der Waals surface area (Å²) in [6, 6.07) is 15.8. The summed E-state index contributed by atoms with van der Waals surface area (Å²) < 4.78 is 38.8. The molecule has 0 aliphatic heterocycles. The van der Waals surface area contributed by atoms with Gasteiger partial charge in [0.05, 0.1) is 0 Å². The van der Waals surface area contributed by atoms with Crippen LogP contribution in [0.3, 0.4) is 0 Å². The van der Waals surface area contributed by atoms with Gasteiger partial charge in [0.15, 0.2) is 0 Å². The molecule has 0 radical (unpaired) electrons. The van der Waals surface area contributed by atoms with E-state index >= 15 is 0 Å². The molecule has 2 N–H and O–H groups in total. The third-order valence-electron chi connectivity index (χ3n) is 5.83. The van der Waals surface area contributed by atoms with E-state index in [1.165, 1.54) is 0 Å². The second-order valence-electron chi connectivity index (χ2n) is 11.2. The van der Waals surface area contributed by atoms with Crippen LogP contribution in [-0.4, -0.2) is 35.5 Å². The van der Waals surface area contributed by atoms with Crippen molar-refractivity contribution in [1.29, 1.82) is 0 Å². The zero-order valence-corrected chi connectivity index (χ0v) is 24.5. The van der Waals surface area contributed by atoms with Gasteiger partial charge in [-0.1, -0.05) is 7.43 Å². The molecule has 0 saturated heterocycles. The van der Waals surface area contributed by atoms with Crippen molar-refractivity contribution in [2.75, 3.05) is 12.4 Å². The molecule has 0 saturated carbocycles. The van der Waals surface area contributed by atoms with Crippen LogP contribution in [0.25, 0.3) is 11.1 Å². The number of hydrogen-bond donors (Lipinski definition) is 2. The Bertz CT molecular complexity index is 1030. The average molecular weight is 589 g/mol. The Morgan fingerprint density at radius 2 is 1.15 bits per heavy atom. The SMILES string of the molecule is C.CNc1ccccc1-c1cccc[c]1[Pd]([PH](C(C)(C)C)(C(C)(C)C)C(C)(C)C)[S](=O)(=O)O. The van der Waals surface area contributed by atoms with Gasteiger partial charge in [-0.3, -0.25) is 0 Å². The molecule has 0 atom stereocenters. The molecule has 0 aliphatic carbocycles. The van der Waals surface area contributed by atoms with E-state index in [4.69, 9.17) is 0 Å². The minimum absolute atomic E-state index is 0. The summed E-state index contributed by atoms with van der Waals surface area (Å²) in [7, 11) is -2.45. The summed E-state index contributed by atoms with van der Waals surface area (Å²) in [5.74, 6) is 0. The molecule has 2 rings (SSSR count). The number of hydrogen-bond acceptors (Lipinski definition) is 3. The number of para-hydroxylation sites is 1. The Morgan fingerprint density at radius 1 is 0.758 bits per heavy atom. The van der Waals surface area contributed by atoms with Gasteiger partial charge in [-0.2, -0.15) is 0 Å². The zero-order chi connectivity index (χ0) is 24.8. The Labute approximate surface area is 207 Å². The second-order valence-corrected chi connectivity index (χ2v) is 30.2. The molecule has 4 nitrogen and oxygen atoms in total. The fraction of sp³-hybridized carbons (Fsp3) is 0.538. The fourth-order valence-electron chi connectivity index (χ4n) is 6.08. The van der Waals surface area contributed by atoms with Crippen LogP contribution in [0.15, 0.2) is 48.5 Å². The number of nitrogens with one attached hydrogen (secondary N) is 1. The van der Waals surface area contributed by atoms with E-state index in [1.54, 1.807) is 0 Å². The molecule has 2 aromatic rings. The van der Waals surface area contributed by atoms with Crippen LogP contribution in [0, 0.1) is 0 Å². The van der Waals surface area contributed by atoms with Gasteiger partial charge in [-0.15, -0.1) is 0 Å². The topological polar surface area (TPSA) is 66.4 Å². The normalized spacial score (nSPS) is 14.3. The van der Waals surface area contributed by atoms with Gasteiger partial charge < -0.3 is 0 Å². The van der Waals surface area contributed by atoms with Gasteiger partial charge in [0, 0.05) is 0 Å². The first-order chi connectivity index (χ1) is 14.4. The molecule has 0 heterocycles. The van der Waals surface area contributed by atoms with Crippen molar-refractivity contribution in [3.8, 4) is 11.1 Å². The third kappa shape index (κ3) is 5.41. The van der Waals surface area contributed by atoms with E-state index in [1.807, 2.05) is 55.6 Å². The molecule has 0 amide bonds.